The Morgan fingerprint density at radius 3 is 2.81 bits per heavy atom. The lowest BCUT2D eigenvalue weighted by Gasteiger charge is -2.34. The molecule has 1 aliphatic heterocycles. The zero-order chi connectivity index (χ0) is 11.8. The van der Waals surface area contributed by atoms with E-state index in [-0.39, 0.29) is 0 Å². The van der Waals surface area contributed by atoms with Crippen LogP contribution in [0.15, 0.2) is 29.2 Å². The molecule has 1 aromatic rings. The van der Waals surface area contributed by atoms with Gasteiger partial charge in [0.2, 0.25) is 0 Å². The van der Waals surface area contributed by atoms with E-state index in [1.807, 2.05) is 24.3 Å². The Labute approximate surface area is 99.3 Å². The van der Waals surface area contributed by atoms with Crippen molar-refractivity contribution in [3.63, 3.8) is 0 Å². The molecule has 0 aliphatic carbocycles. The minimum Gasteiger partial charge on any atom is -0.284 e. The van der Waals surface area contributed by atoms with Crippen molar-refractivity contribution < 1.29 is 13.0 Å². The van der Waals surface area contributed by atoms with E-state index in [1.165, 1.54) is 11.9 Å². The van der Waals surface area contributed by atoms with E-state index in [0.717, 1.165) is 10.5 Å². The third-order valence-corrected chi connectivity index (χ3v) is 5.62. The summed E-state index contributed by atoms with van der Waals surface area (Å²) in [6.45, 7) is 1.75. The molecule has 1 unspecified atom stereocenters. The predicted molar refractivity (Wildman–Crippen MR) is 63.7 cm³/mol. The van der Waals surface area contributed by atoms with Crippen LogP contribution >= 0.6 is 11.9 Å². The van der Waals surface area contributed by atoms with Gasteiger partial charge in [0.1, 0.15) is 0 Å². The van der Waals surface area contributed by atoms with Gasteiger partial charge in [-0.25, -0.2) is 4.72 Å². The Hall–Kier alpha value is -0.560. The lowest BCUT2D eigenvalue weighted by Crippen LogP contribution is -2.51. The van der Waals surface area contributed by atoms with Crippen LogP contribution in [-0.2, 0) is 16.5 Å². The fourth-order valence-corrected chi connectivity index (χ4v) is 3.94. The van der Waals surface area contributed by atoms with Crippen LogP contribution in [0, 0.1) is 0 Å². The van der Waals surface area contributed by atoms with Gasteiger partial charge in [0.25, 0.3) is 10.1 Å². The number of rotatable bonds is 2. The van der Waals surface area contributed by atoms with Crippen molar-refractivity contribution in [1.29, 1.82) is 0 Å². The molecule has 6 heteroatoms. The molecule has 0 saturated heterocycles. The maximum Gasteiger partial charge on any atom is 0.285 e. The fourth-order valence-electron chi connectivity index (χ4n) is 1.76. The average Bonchev–Trinajstić information content (AvgIpc) is 2.27. The molecule has 0 fully saturated rings. The van der Waals surface area contributed by atoms with Crippen molar-refractivity contribution in [2.75, 3.05) is 0 Å². The molecule has 0 saturated carbocycles. The largest absolute Gasteiger partial charge is 0.285 e. The molecule has 88 valence electrons. The minimum atomic E-state index is -4.11. The highest BCUT2D eigenvalue weighted by molar-refractivity contribution is 7.98. The molecule has 1 atom stereocenters. The molecule has 1 aliphatic rings. The smallest absolute Gasteiger partial charge is 0.284 e. The van der Waals surface area contributed by atoms with Gasteiger partial charge in [0.05, 0.1) is 0 Å². The molecule has 2 N–H and O–H groups in total. The number of nitrogens with one attached hydrogen (secondary N) is 1. The van der Waals surface area contributed by atoms with Gasteiger partial charge in [-0.3, -0.25) is 4.55 Å². The summed E-state index contributed by atoms with van der Waals surface area (Å²) in [6.07, 6.45) is 0.624. The lowest BCUT2D eigenvalue weighted by molar-refractivity contribution is 0.398. The van der Waals surface area contributed by atoms with Crippen LogP contribution in [0.1, 0.15) is 18.9 Å². The van der Waals surface area contributed by atoms with Crippen LogP contribution < -0.4 is 4.72 Å². The van der Waals surface area contributed by atoms with Crippen LogP contribution in [0.2, 0.25) is 0 Å². The number of fused-ring (bicyclic) bond motifs is 1. The minimum absolute atomic E-state index is 0.297. The molecule has 1 heterocycles. The third kappa shape index (κ3) is 1.86. The topological polar surface area (TPSA) is 66.4 Å². The second-order valence-electron chi connectivity index (χ2n) is 3.81. The highest BCUT2D eigenvalue weighted by atomic mass is 32.2. The second kappa shape index (κ2) is 4.03. The molecule has 16 heavy (non-hydrogen) atoms. The van der Waals surface area contributed by atoms with E-state index in [9.17, 15) is 13.0 Å². The summed E-state index contributed by atoms with van der Waals surface area (Å²) in [5, 5.41) is 0. The predicted octanol–water partition coefficient (Wildman–Crippen LogP) is 1.83. The Kier molecular flexibility index (Phi) is 3.00. The van der Waals surface area contributed by atoms with Gasteiger partial charge in [0, 0.05) is 11.3 Å². The van der Waals surface area contributed by atoms with E-state index in [0.29, 0.717) is 12.8 Å². The summed E-state index contributed by atoms with van der Waals surface area (Å²) in [5.74, 6) is 0. The van der Waals surface area contributed by atoms with Gasteiger partial charge in [-0.2, -0.15) is 8.42 Å². The molecule has 1 aromatic carbocycles. The van der Waals surface area contributed by atoms with Crippen LogP contribution in [0.4, 0.5) is 0 Å². The standard InChI is InChI=1S/C10H13NO3S2/c1-2-10(16(12,13)14)7-8-5-3-4-6-9(8)15-11-10/h3-6,11H,2,7H2,1H3,(H,12,13,14). The summed E-state index contributed by atoms with van der Waals surface area (Å²) in [6, 6.07) is 7.59. The lowest BCUT2D eigenvalue weighted by atomic mass is 10.0. The molecule has 4 nitrogen and oxygen atoms in total. The van der Waals surface area contributed by atoms with Crippen molar-refractivity contribution in [3.05, 3.63) is 29.8 Å². The highest BCUT2D eigenvalue weighted by Crippen LogP contribution is 2.36. The second-order valence-corrected chi connectivity index (χ2v) is 6.39. The maximum absolute atomic E-state index is 11.4. The van der Waals surface area contributed by atoms with Crippen LogP contribution in [-0.4, -0.2) is 17.8 Å². The molecule has 0 radical (unpaired) electrons. The summed E-state index contributed by atoms with van der Waals surface area (Å²) in [7, 11) is -4.11. The van der Waals surface area contributed by atoms with Gasteiger partial charge in [0.15, 0.2) is 4.87 Å². The van der Waals surface area contributed by atoms with Gasteiger partial charge >= 0.3 is 0 Å². The first kappa shape index (κ1) is 11.9. The van der Waals surface area contributed by atoms with Crippen molar-refractivity contribution in [3.8, 4) is 0 Å². The summed E-state index contributed by atoms with van der Waals surface area (Å²) >= 11 is 1.26. The Balaban J connectivity index is 2.44. The first-order chi connectivity index (χ1) is 7.48. The van der Waals surface area contributed by atoms with Gasteiger partial charge in [-0.15, -0.1) is 0 Å². The molecule has 0 spiro atoms. The van der Waals surface area contributed by atoms with Crippen LogP contribution in [0.5, 0.6) is 0 Å². The first-order valence-corrected chi connectivity index (χ1v) is 7.23. The average molecular weight is 259 g/mol. The molecular weight excluding hydrogens is 246 g/mol. The molecule has 2 rings (SSSR count). The normalized spacial score (nSPS) is 25.1. The van der Waals surface area contributed by atoms with Gasteiger partial charge in [-0.1, -0.05) is 25.1 Å². The van der Waals surface area contributed by atoms with Crippen molar-refractivity contribution >= 4 is 22.1 Å². The molecular formula is C10H13NO3S2. The third-order valence-electron chi connectivity index (χ3n) is 2.86. The number of hydrogen-bond acceptors (Lipinski definition) is 4. The Bertz CT molecular complexity index is 501. The highest BCUT2D eigenvalue weighted by Gasteiger charge is 2.44. The zero-order valence-corrected chi connectivity index (χ0v) is 10.4. The fraction of sp³-hybridized carbons (Fsp3) is 0.400. The molecule has 0 bridgehead atoms. The number of hydrogen-bond donors (Lipinski definition) is 2. The van der Waals surface area contributed by atoms with E-state index in [1.54, 1.807) is 6.92 Å². The summed E-state index contributed by atoms with van der Waals surface area (Å²) in [5.41, 5.74) is 0.950. The monoisotopic (exact) mass is 259 g/mol. The zero-order valence-electron chi connectivity index (χ0n) is 8.80. The van der Waals surface area contributed by atoms with Crippen molar-refractivity contribution in [2.45, 2.75) is 29.5 Å². The van der Waals surface area contributed by atoms with E-state index in [4.69, 9.17) is 0 Å². The Morgan fingerprint density at radius 1 is 1.50 bits per heavy atom. The van der Waals surface area contributed by atoms with Crippen molar-refractivity contribution in [1.82, 2.24) is 4.72 Å². The molecule has 0 amide bonds. The van der Waals surface area contributed by atoms with Crippen LogP contribution in [0.25, 0.3) is 0 Å². The SMILES string of the molecule is CCC1(S(=O)(=O)O)Cc2ccccc2SN1. The summed E-state index contributed by atoms with van der Waals surface area (Å²) in [4.78, 5) is -0.248. The Morgan fingerprint density at radius 2 is 2.19 bits per heavy atom. The van der Waals surface area contributed by atoms with E-state index in [2.05, 4.69) is 4.72 Å². The maximum atomic E-state index is 11.4. The van der Waals surface area contributed by atoms with Crippen LogP contribution in [0.3, 0.4) is 0 Å². The quantitative estimate of drug-likeness (QED) is 0.626. The van der Waals surface area contributed by atoms with Gasteiger partial charge in [-0.05, 0) is 30.0 Å². The first-order valence-electron chi connectivity index (χ1n) is 4.97. The molecule has 0 aromatic heterocycles. The summed E-state index contributed by atoms with van der Waals surface area (Å²) < 4.78 is 35.0. The van der Waals surface area contributed by atoms with E-state index >= 15 is 0 Å². The van der Waals surface area contributed by atoms with Gasteiger partial charge < -0.3 is 0 Å². The number of benzene rings is 1. The van der Waals surface area contributed by atoms with E-state index < -0.39 is 15.0 Å². The van der Waals surface area contributed by atoms with Crippen molar-refractivity contribution in [2.24, 2.45) is 0 Å².